The van der Waals surface area contributed by atoms with Crippen LogP contribution in [-0.2, 0) is 75.2 Å². The number of aromatic amines is 1. The Bertz CT molecular complexity index is 2740. The van der Waals surface area contributed by atoms with E-state index in [0.717, 1.165) is 10.9 Å². The number of amides is 12. The molecule has 0 radical (unpaired) electrons. The van der Waals surface area contributed by atoms with E-state index in [9.17, 15) is 77.6 Å². The molecule has 0 aliphatic heterocycles. The molecule has 0 spiro atoms. The molecule has 1 heterocycles. The van der Waals surface area contributed by atoms with Gasteiger partial charge in [0.25, 0.3) is 0 Å². The van der Waals surface area contributed by atoms with Crippen molar-refractivity contribution in [1.29, 1.82) is 0 Å². The Balaban J connectivity index is 1.63. The Kier molecular flexibility index (Phi) is 28.0. The highest BCUT2D eigenvalue weighted by atomic mass is 16.4. The van der Waals surface area contributed by atoms with Crippen LogP contribution in [0.3, 0.4) is 0 Å². The number of fused-ring (bicyclic) bond motifs is 1. The summed E-state index contributed by atoms with van der Waals surface area (Å²) in [5, 5.41) is 52.9. The number of para-hydroxylation sites is 1. The van der Waals surface area contributed by atoms with E-state index in [0.29, 0.717) is 30.5 Å². The molecule has 3 rings (SSSR count). The summed E-state index contributed by atoms with van der Waals surface area (Å²) in [5.41, 5.74) is 24.2. The van der Waals surface area contributed by atoms with Crippen molar-refractivity contribution in [2.75, 3.05) is 39.4 Å². The number of unbranched alkanes of at least 4 members (excludes halogenated alkanes) is 1. The number of carbonyl (C=O) groups is 13. The van der Waals surface area contributed by atoms with Gasteiger partial charge in [-0.05, 0) is 55.3 Å². The quantitative estimate of drug-likeness (QED) is 0.0241. The number of carboxylic acids is 1. The van der Waals surface area contributed by atoms with Crippen LogP contribution < -0.4 is 76.1 Å². The van der Waals surface area contributed by atoms with Crippen molar-refractivity contribution in [1.82, 2.24) is 58.2 Å². The van der Waals surface area contributed by atoms with E-state index in [4.69, 9.17) is 22.9 Å². The SMILES string of the molecule is CC(C)[C@H](NC(=O)[C@H](Cc1ccccc1)NC(=O)[C@H](CC(N)=O)NC(=O)CNC(=O)[C@H](CO)NC(=O)[C@H](CC(N)=O)NC(=O)[C@H](CO)NC(=O)[C@@H](N)Cc1c[nH]c2ccccc12)C(=O)NCC(=O)NCC(=O)N[C@@H](CCCCN)C(=O)O. The molecule has 1 aromatic heterocycles. The summed E-state index contributed by atoms with van der Waals surface area (Å²) in [7, 11) is 0. The van der Waals surface area contributed by atoms with Gasteiger partial charge in [0.1, 0.15) is 42.3 Å². The molecule has 12 amide bonds. The van der Waals surface area contributed by atoms with E-state index < -0.39 is 177 Å². The number of benzene rings is 2. The average molecular weight is 1150 g/mol. The standard InChI is InChI=1S/C51H73N15O16/c1-26(2)43(50(80)59-21-40(71)57-22-41(72)60-32(51(81)82)14-8-9-15-52)66-48(78)33(16-27-10-4-3-5-11-27)62-46(76)34(18-38(54)69)61-42(73)23-58-45(75)36(24-67)65-47(77)35(19-39(55)70)63-49(79)37(25-68)64-44(74)30(53)17-28-20-56-31-13-7-6-12-29(28)31/h3-7,10-13,20,26,30,32-37,43,56,67-68H,8-9,14-19,21-25,52-53H2,1-2H3,(H2,54,69)(H2,55,70)(H,57,71)(H,58,75)(H,59,80)(H,60,72)(H,61,73)(H,62,76)(H,63,79)(H,64,74)(H,65,77)(H,66,78)(H,81,82)/t30-,32-,33-,34-,35-,36-,37-,43-/m0/s1. The summed E-state index contributed by atoms with van der Waals surface area (Å²) in [4.78, 5) is 171. The van der Waals surface area contributed by atoms with Crippen molar-refractivity contribution in [2.45, 2.75) is 107 Å². The summed E-state index contributed by atoms with van der Waals surface area (Å²) in [5.74, 6) is -14.3. The van der Waals surface area contributed by atoms with Gasteiger partial charge in [-0.1, -0.05) is 62.4 Å². The maximum Gasteiger partial charge on any atom is 0.326 e. The van der Waals surface area contributed by atoms with E-state index in [2.05, 4.69) is 58.2 Å². The first kappa shape index (κ1) is 67.2. The van der Waals surface area contributed by atoms with Crippen LogP contribution in [0.15, 0.2) is 60.8 Å². The highest BCUT2D eigenvalue weighted by Crippen LogP contribution is 2.19. The highest BCUT2D eigenvalue weighted by Gasteiger charge is 2.34. The number of aliphatic hydroxyl groups excluding tert-OH is 2. The lowest BCUT2D eigenvalue weighted by atomic mass is 10.0. The zero-order valence-corrected chi connectivity index (χ0v) is 45.1. The molecule has 31 heteroatoms. The predicted octanol–water partition coefficient (Wildman–Crippen LogP) is -7.37. The fourth-order valence-corrected chi connectivity index (χ4v) is 7.83. The summed E-state index contributed by atoms with van der Waals surface area (Å²) in [6.45, 7) is -0.923. The second-order valence-corrected chi connectivity index (χ2v) is 19.1. The van der Waals surface area contributed by atoms with Crippen molar-refractivity contribution >= 4 is 87.8 Å². The molecule has 0 aliphatic carbocycles. The molecule has 82 heavy (non-hydrogen) atoms. The van der Waals surface area contributed by atoms with Gasteiger partial charge in [-0.25, -0.2) is 4.79 Å². The molecule has 2 aromatic carbocycles. The summed E-state index contributed by atoms with van der Waals surface area (Å²) < 4.78 is 0. The molecule has 0 bridgehead atoms. The lowest BCUT2D eigenvalue weighted by molar-refractivity contribution is -0.142. The third kappa shape index (κ3) is 23.0. The fraction of sp³-hybridized carbons (Fsp3) is 0.471. The number of aliphatic hydroxyl groups is 2. The molecule has 0 aliphatic rings. The van der Waals surface area contributed by atoms with Crippen molar-refractivity contribution in [3.8, 4) is 0 Å². The number of hydrogen-bond donors (Lipinski definition) is 18. The summed E-state index contributed by atoms with van der Waals surface area (Å²) in [6.07, 6.45) is 0.828. The largest absolute Gasteiger partial charge is 0.480 e. The number of carboxylic acid groups (broad SMARTS) is 1. The molecule has 8 atom stereocenters. The Morgan fingerprint density at radius 1 is 0.524 bits per heavy atom. The van der Waals surface area contributed by atoms with Gasteiger partial charge in [-0.2, -0.15) is 0 Å². The van der Waals surface area contributed by atoms with Gasteiger partial charge in [0, 0.05) is 23.5 Å². The number of nitrogens with one attached hydrogen (secondary N) is 11. The van der Waals surface area contributed by atoms with Crippen LogP contribution in [0.2, 0.25) is 0 Å². The predicted molar refractivity (Wildman–Crippen MR) is 290 cm³/mol. The monoisotopic (exact) mass is 1150 g/mol. The normalized spacial score (nSPS) is 13.9. The minimum Gasteiger partial charge on any atom is -0.480 e. The van der Waals surface area contributed by atoms with E-state index in [-0.39, 0.29) is 19.3 Å². The van der Waals surface area contributed by atoms with Crippen LogP contribution in [0.4, 0.5) is 0 Å². The molecule has 0 unspecified atom stereocenters. The first-order valence-corrected chi connectivity index (χ1v) is 25.9. The molecule has 0 saturated heterocycles. The maximum absolute atomic E-state index is 13.9. The van der Waals surface area contributed by atoms with E-state index in [1.165, 1.54) is 0 Å². The van der Waals surface area contributed by atoms with Crippen molar-refractivity contribution in [2.24, 2.45) is 28.9 Å². The van der Waals surface area contributed by atoms with Gasteiger partial charge in [-0.3, -0.25) is 57.5 Å². The lowest BCUT2D eigenvalue weighted by Gasteiger charge is -2.27. The molecule has 0 saturated carbocycles. The number of aromatic nitrogens is 1. The van der Waals surface area contributed by atoms with E-state index in [1.807, 2.05) is 12.1 Å². The van der Waals surface area contributed by atoms with Crippen molar-refractivity contribution < 1.29 is 77.6 Å². The summed E-state index contributed by atoms with van der Waals surface area (Å²) in [6, 6.07) is 2.92. The highest BCUT2D eigenvalue weighted by molar-refractivity contribution is 5.99. The Morgan fingerprint density at radius 2 is 1.01 bits per heavy atom. The smallest absolute Gasteiger partial charge is 0.326 e. The van der Waals surface area contributed by atoms with Crippen LogP contribution in [0.25, 0.3) is 10.9 Å². The number of aliphatic carboxylic acids is 1. The van der Waals surface area contributed by atoms with E-state index in [1.54, 1.807) is 62.5 Å². The average Bonchev–Trinajstić information content (AvgIpc) is 3.84. The first-order chi connectivity index (χ1) is 38.9. The maximum atomic E-state index is 13.9. The Hall–Kier alpha value is -9.07. The number of hydrogen-bond acceptors (Lipinski definition) is 17. The first-order valence-electron chi connectivity index (χ1n) is 25.9. The lowest BCUT2D eigenvalue weighted by Crippen LogP contribution is -2.60. The van der Waals surface area contributed by atoms with Gasteiger partial charge < -0.3 is 96.4 Å². The molecule has 22 N–H and O–H groups in total. The second kappa shape index (κ2) is 34.2. The minimum atomic E-state index is -1.87. The van der Waals surface area contributed by atoms with Crippen LogP contribution in [0, 0.1) is 5.92 Å². The molecule has 31 nitrogen and oxygen atoms in total. The van der Waals surface area contributed by atoms with Gasteiger partial charge in [0.05, 0.1) is 51.7 Å². The molecule has 0 fully saturated rings. The second-order valence-electron chi connectivity index (χ2n) is 19.1. The molecular formula is C51H73N15O16. The zero-order chi connectivity index (χ0) is 61.1. The molecular weight excluding hydrogens is 1080 g/mol. The number of nitrogens with two attached hydrogens (primary N) is 4. The third-order valence-electron chi connectivity index (χ3n) is 12.2. The number of carbonyl (C=O) groups excluding carboxylic acids is 12. The zero-order valence-electron chi connectivity index (χ0n) is 45.1. The number of primary amides is 2. The van der Waals surface area contributed by atoms with Crippen LogP contribution in [0.5, 0.6) is 0 Å². The third-order valence-corrected chi connectivity index (χ3v) is 12.2. The van der Waals surface area contributed by atoms with Gasteiger partial charge in [0.15, 0.2) is 0 Å². The Labute approximate surface area is 469 Å². The Morgan fingerprint density at radius 3 is 1.60 bits per heavy atom. The number of H-pyrrole nitrogens is 1. The van der Waals surface area contributed by atoms with E-state index >= 15 is 0 Å². The van der Waals surface area contributed by atoms with Crippen LogP contribution >= 0.6 is 0 Å². The van der Waals surface area contributed by atoms with Crippen LogP contribution in [0.1, 0.15) is 57.1 Å². The minimum absolute atomic E-state index is 0.0254. The van der Waals surface area contributed by atoms with Gasteiger partial charge in [0.2, 0.25) is 70.9 Å². The fourth-order valence-electron chi connectivity index (χ4n) is 7.83. The molecule has 448 valence electrons. The van der Waals surface area contributed by atoms with Gasteiger partial charge in [-0.15, -0.1) is 0 Å². The van der Waals surface area contributed by atoms with Gasteiger partial charge >= 0.3 is 5.97 Å². The van der Waals surface area contributed by atoms with Crippen molar-refractivity contribution in [3.63, 3.8) is 0 Å². The van der Waals surface area contributed by atoms with Crippen LogP contribution in [-0.4, -0.2) is 185 Å². The summed E-state index contributed by atoms with van der Waals surface area (Å²) >= 11 is 0. The number of rotatable bonds is 36. The van der Waals surface area contributed by atoms with Crippen molar-refractivity contribution in [3.05, 3.63) is 71.9 Å². The molecule has 3 aromatic rings. The topological polar surface area (TPSA) is 523 Å².